The van der Waals surface area contributed by atoms with Gasteiger partial charge in [-0.3, -0.25) is 4.79 Å². The van der Waals surface area contributed by atoms with E-state index >= 15 is 0 Å². The van der Waals surface area contributed by atoms with Crippen LogP contribution in [-0.4, -0.2) is 30.5 Å². The molecule has 4 aromatic rings. The largest absolute Gasteiger partial charge is 0.497 e. The molecule has 1 heterocycles. The summed E-state index contributed by atoms with van der Waals surface area (Å²) in [4.78, 5) is 30.0. The summed E-state index contributed by atoms with van der Waals surface area (Å²) in [5.74, 6) is -0.241. The summed E-state index contributed by atoms with van der Waals surface area (Å²) in [7, 11) is 1.55. The van der Waals surface area contributed by atoms with Crippen LogP contribution >= 0.6 is 11.6 Å². The van der Waals surface area contributed by atoms with Gasteiger partial charge in [-0.2, -0.15) is 0 Å². The number of ketones is 1. The number of benzene rings is 3. The van der Waals surface area contributed by atoms with Crippen molar-refractivity contribution in [3.63, 3.8) is 0 Å². The van der Waals surface area contributed by atoms with Crippen LogP contribution in [0.1, 0.15) is 20.7 Å². The summed E-state index contributed by atoms with van der Waals surface area (Å²) in [6.45, 7) is -0.363. The number of nitrogens with zero attached hydrogens (tertiary/aromatic N) is 1. The quantitative estimate of drug-likeness (QED) is 0.293. The van der Waals surface area contributed by atoms with E-state index < -0.39 is 5.97 Å². The Bertz CT molecular complexity index is 1250. The highest BCUT2D eigenvalue weighted by atomic mass is 35.5. The highest BCUT2D eigenvalue weighted by Crippen LogP contribution is 2.26. The third-order valence-electron chi connectivity index (χ3n) is 4.82. The predicted octanol–water partition coefficient (Wildman–Crippen LogP) is 5.60. The fraction of sp³-hybridized carbons (Fsp3) is 0.0800. The zero-order chi connectivity index (χ0) is 21.8. The van der Waals surface area contributed by atoms with Crippen molar-refractivity contribution in [2.24, 2.45) is 0 Å². The molecular weight excluding hydrogens is 414 g/mol. The highest BCUT2D eigenvalue weighted by Gasteiger charge is 2.17. The minimum absolute atomic E-state index is 0.299. The SMILES string of the molecule is COc1ccc(C(=O)COC(=O)c2cc(-c3ccc(Cl)cc3)nc3ccccc23)cc1. The molecule has 0 atom stereocenters. The molecule has 0 amide bonds. The molecule has 0 spiro atoms. The molecule has 6 heteroatoms. The number of fused-ring (bicyclic) bond motifs is 1. The van der Waals surface area contributed by atoms with Crippen LogP contribution in [0.4, 0.5) is 0 Å². The molecule has 3 aromatic carbocycles. The normalized spacial score (nSPS) is 10.6. The summed E-state index contributed by atoms with van der Waals surface area (Å²) >= 11 is 5.98. The number of pyridine rings is 1. The number of methoxy groups -OCH3 is 1. The zero-order valence-electron chi connectivity index (χ0n) is 16.7. The number of hydrogen-bond donors (Lipinski definition) is 0. The van der Waals surface area contributed by atoms with Gasteiger partial charge in [0.2, 0.25) is 0 Å². The third-order valence-corrected chi connectivity index (χ3v) is 5.07. The van der Waals surface area contributed by atoms with Crippen LogP contribution in [0, 0.1) is 0 Å². The van der Waals surface area contributed by atoms with Crippen LogP contribution in [0.5, 0.6) is 5.75 Å². The number of para-hydroxylation sites is 1. The molecule has 0 fully saturated rings. The average molecular weight is 432 g/mol. The summed E-state index contributed by atoms with van der Waals surface area (Å²) < 4.78 is 10.4. The Morgan fingerprint density at radius 2 is 1.65 bits per heavy atom. The molecule has 4 rings (SSSR count). The van der Waals surface area contributed by atoms with Crippen molar-refractivity contribution in [1.82, 2.24) is 4.98 Å². The van der Waals surface area contributed by atoms with Gasteiger partial charge in [-0.05, 0) is 48.5 Å². The molecule has 5 nitrogen and oxygen atoms in total. The Balaban J connectivity index is 1.60. The molecule has 0 bridgehead atoms. The van der Waals surface area contributed by atoms with E-state index in [0.29, 0.717) is 38.5 Å². The van der Waals surface area contributed by atoms with Gasteiger partial charge in [0.15, 0.2) is 12.4 Å². The van der Waals surface area contributed by atoms with Gasteiger partial charge < -0.3 is 9.47 Å². The van der Waals surface area contributed by atoms with Crippen LogP contribution in [0.25, 0.3) is 22.2 Å². The van der Waals surface area contributed by atoms with Crippen molar-refractivity contribution in [3.05, 3.63) is 95.0 Å². The van der Waals surface area contributed by atoms with Crippen molar-refractivity contribution in [3.8, 4) is 17.0 Å². The molecule has 0 radical (unpaired) electrons. The Morgan fingerprint density at radius 1 is 0.935 bits per heavy atom. The van der Waals surface area contributed by atoms with Gasteiger partial charge in [-0.25, -0.2) is 9.78 Å². The Hall–Kier alpha value is -3.70. The molecule has 0 unspecified atom stereocenters. The zero-order valence-corrected chi connectivity index (χ0v) is 17.4. The predicted molar refractivity (Wildman–Crippen MR) is 120 cm³/mol. The smallest absolute Gasteiger partial charge is 0.339 e. The van der Waals surface area contributed by atoms with E-state index in [1.165, 1.54) is 0 Å². The second-order valence-electron chi connectivity index (χ2n) is 6.81. The third kappa shape index (κ3) is 4.57. The lowest BCUT2D eigenvalue weighted by Crippen LogP contribution is -2.15. The lowest BCUT2D eigenvalue weighted by molar-refractivity contribution is 0.0476. The van der Waals surface area contributed by atoms with Crippen molar-refractivity contribution in [1.29, 1.82) is 0 Å². The Labute approximate surface area is 184 Å². The van der Waals surface area contributed by atoms with Gasteiger partial charge in [0, 0.05) is 21.5 Å². The van der Waals surface area contributed by atoms with Gasteiger partial charge in [-0.15, -0.1) is 0 Å². The summed E-state index contributed by atoms with van der Waals surface area (Å²) in [6.07, 6.45) is 0. The number of halogens is 1. The van der Waals surface area contributed by atoms with Gasteiger partial charge >= 0.3 is 5.97 Å². The maximum Gasteiger partial charge on any atom is 0.339 e. The molecule has 31 heavy (non-hydrogen) atoms. The van der Waals surface area contributed by atoms with E-state index in [1.54, 1.807) is 55.6 Å². The number of hydrogen-bond acceptors (Lipinski definition) is 5. The van der Waals surface area contributed by atoms with Crippen molar-refractivity contribution >= 4 is 34.3 Å². The molecule has 0 N–H and O–H groups in total. The fourth-order valence-electron chi connectivity index (χ4n) is 3.18. The Morgan fingerprint density at radius 3 is 2.35 bits per heavy atom. The van der Waals surface area contributed by atoms with Crippen LogP contribution in [0.2, 0.25) is 5.02 Å². The van der Waals surface area contributed by atoms with Crippen molar-refractivity contribution in [2.45, 2.75) is 0 Å². The Kier molecular flexibility index (Phi) is 5.96. The fourth-order valence-corrected chi connectivity index (χ4v) is 3.31. The lowest BCUT2D eigenvalue weighted by Gasteiger charge is -2.10. The molecule has 0 saturated carbocycles. The molecular formula is C25H18ClNO4. The van der Waals surface area contributed by atoms with E-state index in [2.05, 4.69) is 4.98 Å². The van der Waals surface area contributed by atoms with Crippen LogP contribution in [0.3, 0.4) is 0 Å². The average Bonchev–Trinajstić information content (AvgIpc) is 2.82. The van der Waals surface area contributed by atoms with Crippen molar-refractivity contribution in [2.75, 3.05) is 13.7 Å². The van der Waals surface area contributed by atoms with E-state index in [-0.39, 0.29) is 12.4 Å². The van der Waals surface area contributed by atoms with Crippen LogP contribution in [0.15, 0.2) is 78.9 Å². The first-order valence-electron chi connectivity index (χ1n) is 9.55. The maximum atomic E-state index is 12.9. The van der Waals surface area contributed by atoms with E-state index in [4.69, 9.17) is 21.1 Å². The standard InChI is InChI=1S/C25H18ClNO4/c1-30-19-12-8-17(9-13-19)24(28)15-31-25(29)21-14-23(16-6-10-18(26)11-7-16)27-22-5-3-2-4-20(21)22/h2-14H,15H2,1H3. The second-order valence-corrected chi connectivity index (χ2v) is 7.24. The summed E-state index contributed by atoms with van der Waals surface area (Å²) in [6, 6.07) is 22.8. The van der Waals surface area contributed by atoms with Crippen LogP contribution in [-0.2, 0) is 4.74 Å². The molecule has 0 aliphatic heterocycles. The van der Waals surface area contributed by atoms with Gasteiger partial charge in [0.05, 0.1) is 23.9 Å². The van der Waals surface area contributed by atoms with Gasteiger partial charge in [0.25, 0.3) is 0 Å². The minimum atomic E-state index is -0.587. The summed E-state index contributed by atoms with van der Waals surface area (Å²) in [5, 5.41) is 1.27. The maximum absolute atomic E-state index is 12.9. The highest BCUT2D eigenvalue weighted by molar-refractivity contribution is 6.30. The molecule has 0 aliphatic carbocycles. The number of ether oxygens (including phenoxy) is 2. The molecule has 0 saturated heterocycles. The first kappa shape index (κ1) is 20.6. The van der Waals surface area contributed by atoms with Gasteiger partial charge in [-0.1, -0.05) is 41.9 Å². The lowest BCUT2D eigenvalue weighted by atomic mass is 10.0. The number of aromatic nitrogens is 1. The second kappa shape index (κ2) is 8.98. The van der Waals surface area contributed by atoms with E-state index in [0.717, 1.165) is 5.56 Å². The van der Waals surface area contributed by atoms with Crippen LogP contribution < -0.4 is 4.74 Å². The number of Topliss-reactive ketones (excluding diaryl/α,β-unsaturated/α-hetero) is 1. The van der Waals surface area contributed by atoms with E-state index in [9.17, 15) is 9.59 Å². The first-order valence-corrected chi connectivity index (χ1v) is 9.93. The molecule has 1 aromatic heterocycles. The number of esters is 1. The van der Waals surface area contributed by atoms with Gasteiger partial charge in [0.1, 0.15) is 5.75 Å². The number of rotatable bonds is 6. The number of carbonyl (C=O) groups excluding carboxylic acids is 2. The topological polar surface area (TPSA) is 65.5 Å². The molecule has 154 valence electrons. The first-order chi connectivity index (χ1) is 15.0. The number of carbonyl (C=O) groups is 2. The van der Waals surface area contributed by atoms with Crippen molar-refractivity contribution < 1.29 is 19.1 Å². The van der Waals surface area contributed by atoms with E-state index in [1.807, 2.05) is 30.3 Å². The molecule has 0 aliphatic rings. The monoisotopic (exact) mass is 431 g/mol. The minimum Gasteiger partial charge on any atom is -0.497 e. The summed E-state index contributed by atoms with van der Waals surface area (Å²) in [5.41, 5.74) is 2.87.